The van der Waals surface area contributed by atoms with E-state index in [0.29, 0.717) is 19.3 Å². The van der Waals surface area contributed by atoms with Gasteiger partial charge >= 0.3 is 11.9 Å². The normalized spacial score (nSPS) is 12.7. The van der Waals surface area contributed by atoms with Gasteiger partial charge < -0.3 is 39.8 Å². The molecule has 1 amide bonds. The Kier molecular flexibility index (Phi) is 46.9. The Balaban J connectivity index is 0. The molecule has 0 aromatic carbocycles. The standard InChI is InChI=1S/C50H97N2O9P.H3N/c1-6-8-10-12-14-16-18-20-22-24-26-28-30-32-34-36-49(54)58-44-47(45-60-62(56,57)59-43-41-51-48(53)39-38-46(3)40-42-52(4)5)61-50(55)37-35-33-31-29-27-25-23-21-19-17-15-13-11-9-7-2;/h47H,3,6-45H2,1-2,4-5H3,(H,51,53)(H,56,57);1H3/t47-;/m1./s1. The number of quaternary nitrogens is 1. The summed E-state index contributed by atoms with van der Waals surface area (Å²) in [7, 11) is -0.844. The Morgan fingerprint density at radius 1 is 0.556 bits per heavy atom. The minimum Gasteiger partial charge on any atom is -0.756 e. The first kappa shape index (κ1) is 63.3. The van der Waals surface area contributed by atoms with Crippen molar-refractivity contribution in [3.05, 3.63) is 12.2 Å². The smallest absolute Gasteiger partial charge is 0.306 e. The Morgan fingerprint density at radius 3 is 1.37 bits per heavy atom. The molecular formula is C50H100N3O9P. The average Bonchev–Trinajstić information content (AvgIpc) is 3.24. The molecule has 0 aromatic rings. The first-order valence-corrected chi connectivity index (χ1v) is 27.0. The number of phosphoric acid groups is 1. The summed E-state index contributed by atoms with van der Waals surface area (Å²) in [5, 5.41) is 2.64. The minimum atomic E-state index is -4.80. The van der Waals surface area contributed by atoms with Gasteiger partial charge in [0.05, 0.1) is 13.2 Å². The van der Waals surface area contributed by atoms with Gasteiger partial charge in [-0.15, -0.1) is 0 Å². The lowest BCUT2D eigenvalue weighted by Crippen LogP contribution is -2.31. The van der Waals surface area contributed by atoms with E-state index >= 15 is 0 Å². The van der Waals surface area contributed by atoms with E-state index in [0.717, 1.165) is 57.1 Å². The van der Waals surface area contributed by atoms with Crippen molar-refractivity contribution in [1.82, 2.24) is 16.4 Å². The largest absolute Gasteiger partial charge is 0.756 e. The summed E-state index contributed by atoms with van der Waals surface area (Å²) < 4.78 is 33.5. The van der Waals surface area contributed by atoms with E-state index in [4.69, 9.17) is 18.5 Å². The molecule has 2 atom stereocenters. The van der Waals surface area contributed by atoms with Crippen molar-refractivity contribution < 1.29 is 42.4 Å². The molecule has 0 heterocycles. The maximum atomic E-state index is 12.8. The van der Waals surface area contributed by atoms with Crippen molar-refractivity contribution in [3.63, 3.8) is 0 Å². The van der Waals surface area contributed by atoms with Crippen LogP contribution in [0.25, 0.3) is 0 Å². The molecule has 0 aliphatic rings. The summed E-state index contributed by atoms with van der Waals surface area (Å²) in [5.41, 5.74) is 0.975. The summed E-state index contributed by atoms with van der Waals surface area (Å²) in [5.74, 6) is -1.13. The van der Waals surface area contributed by atoms with Gasteiger partial charge in [-0.25, -0.2) is 0 Å². The van der Waals surface area contributed by atoms with Crippen LogP contribution in [0.4, 0.5) is 0 Å². The molecule has 12 nitrogen and oxygen atoms in total. The van der Waals surface area contributed by atoms with Crippen molar-refractivity contribution in [2.24, 2.45) is 0 Å². The second kappa shape index (κ2) is 46.7. The minimum absolute atomic E-state index is 0. The van der Waals surface area contributed by atoms with Crippen LogP contribution in [0.2, 0.25) is 0 Å². The number of hydrogen-bond donors (Lipinski definition) is 2. The summed E-state index contributed by atoms with van der Waals surface area (Å²) in [6.07, 6.45) is 37.8. The molecule has 0 radical (unpaired) electrons. The number of ether oxygens (including phenoxy) is 2. The zero-order valence-corrected chi connectivity index (χ0v) is 42.5. The van der Waals surface area contributed by atoms with Crippen LogP contribution in [-0.2, 0) is 37.5 Å². The predicted octanol–water partition coefficient (Wildman–Crippen LogP) is 13.2. The summed E-state index contributed by atoms with van der Waals surface area (Å²) in [6.45, 7) is 8.19. The molecule has 0 rings (SSSR count). The van der Waals surface area contributed by atoms with Crippen LogP contribution in [0.15, 0.2) is 12.2 Å². The average molecular weight is 918 g/mol. The second-order valence-corrected chi connectivity index (χ2v) is 19.3. The zero-order chi connectivity index (χ0) is 45.8. The number of esters is 2. The lowest BCUT2D eigenvalue weighted by molar-refractivity contribution is -0.228. The number of nitrogens with one attached hydrogen (secondary N) is 1. The molecular weight excluding hydrogens is 818 g/mol. The zero-order valence-electron chi connectivity index (χ0n) is 41.6. The van der Waals surface area contributed by atoms with Crippen molar-refractivity contribution in [3.8, 4) is 0 Å². The fourth-order valence-electron chi connectivity index (χ4n) is 7.35. The quantitative estimate of drug-likeness (QED) is 0.0258. The van der Waals surface area contributed by atoms with Gasteiger partial charge in [-0.05, 0) is 39.8 Å². The van der Waals surface area contributed by atoms with E-state index in [2.05, 4.69) is 30.6 Å². The summed E-state index contributed by atoms with van der Waals surface area (Å²) >= 11 is 0. The maximum Gasteiger partial charge on any atom is 0.306 e. The molecule has 5 N–H and O–H groups in total. The fourth-order valence-corrected chi connectivity index (χ4v) is 8.08. The Labute approximate surface area is 387 Å². The lowest BCUT2D eigenvalue weighted by atomic mass is 10.0. The number of amides is 1. The van der Waals surface area contributed by atoms with Crippen LogP contribution in [0.5, 0.6) is 0 Å². The molecule has 0 aliphatic heterocycles. The fraction of sp³-hybridized carbons (Fsp3) is 0.900. The molecule has 0 aliphatic carbocycles. The van der Waals surface area contributed by atoms with Gasteiger partial charge in [-0.2, -0.15) is 0 Å². The third-order valence-electron chi connectivity index (χ3n) is 11.4. The topological polar surface area (TPSA) is 180 Å². The highest BCUT2D eigenvalue weighted by Gasteiger charge is 2.21. The van der Waals surface area contributed by atoms with Crippen LogP contribution < -0.4 is 16.4 Å². The molecule has 13 heteroatoms. The molecule has 1 unspecified atom stereocenters. The number of hydrogen-bond acceptors (Lipinski definition) is 10. The van der Waals surface area contributed by atoms with Crippen LogP contribution >= 0.6 is 7.82 Å². The number of nitrogens with zero attached hydrogens (tertiary/aromatic N) is 1. The van der Waals surface area contributed by atoms with Gasteiger partial charge in [0.2, 0.25) is 5.91 Å². The van der Waals surface area contributed by atoms with Gasteiger partial charge in [0.25, 0.3) is 7.82 Å². The van der Waals surface area contributed by atoms with Gasteiger partial charge in [-0.3, -0.25) is 18.9 Å². The number of carbonyl (C=O) groups is 3. The molecule has 63 heavy (non-hydrogen) atoms. The predicted molar refractivity (Wildman–Crippen MR) is 260 cm³/mol. The Bertz CT molecular complexity index is 1130. The Morgan fingerprint density at radius 2 is 0.952 bits per heavy atom. The van der Waals surface area contributed by atoms with Crippen LogP contribution in [0.3, 0.4) is 0 Å². The third-order valence-corrected chi connectivity index (χ3v) is 12.4. The highest BCUT2D eigenvalue weighted by molar-refractivity contribution is 7.45. The molecule has 0 spiro atoms. The van der Waals surface area contributed by atoms with E-state index in [1.807, 2.05) is 14.1 Å². The van der Waals surface area contributed by atoms with Crippen molar-refractivity contribution in [2.45, 2.75) is 245 Å². The monoisotopic (exact) mass is 918 g/mol. The number of rotatable bonds is 48. The maximum absolute atomic E-state index is 12.8. The van der Waals surface area contributed by atoms with Crippen LogP contribution in [0, 0.1) is 0 Å². The molecule has 0 fully saturated rings. The van der Waals surface area contributed by atoms with Crippen LogP contribution in [0.1, 0.15) is 239 Å². The van der Waals surface area contributed by atoms with E-state index in [9.17, 15) is 23.8 Å². The molecule has 0 saturated carbocycles. The van der Waals surface area contributed by atoms with Gasteiger partial charge in [-0.1, -0.05) is 206 Å². The van der Waals surface area contributed by atoms with Gasteiger partial charge in [0.15, 0.2) is 6.10 Å². The highest BCUT2D eigenvalue weighted by atomic mass is 31.2. The summed E-state index contributed by atoms with van der Waals surface area (Å²) in [4.78, 5) is 52.2. The van der Waals surface area contributed by atoms with Gasteiger partial charge in [0, 0.05) is 32.4 Å². The van der Waals surface area contributed by atoms with E-state index < -0.39 is 32.5 Å². The second-order valence-electron chi connectivity index (χ2n) is 17.9. The summed E-state index contributed by atoms with van der Waals surface area (Å²) in [6, 6.07) is 0. The molecule has 0 saturated heterocycles. The molecule has 0 bridgehead atoms. The van der Waals surface area contributed by atoms with Crippen molar-refractivity contribution in [1.29, 1.82) is 0 Å². The first-order chi connectivity index (χ1) is 30.0. The highest BCUT2D eigenvalue weighted by Crippen LogP contribution is 2.38. The number of phosphoric ester groups is 1. The molecule has 0 aromatic heterocycles. The first-order valence-electron chi connectivity index (χ1n) is 25.5. The van der Waals surface area contributed by atoms with E-state index in [1.165, 1.54) is 141 Å². The van der Waals surface area contributed by atoms with E-state index in [-0.39, 0.29) is 51.1 Å². The Hall–Kier alpha value is -1.82. The lowest BCUT2D eigenvalue weighted by Gasteiger charge is -2.25. The number of carbonyl (C=O) groups excluding carboxylic acids is 3. The van der Waals surface area contributed by atoms with Crippen molar-refractivity contribution >= 4 is 25.7 Å². The molecule has 374 valence electrons. The van der Waals surface area contributed by atoms with Gasteiger partial charge in [0.1, 0.15) is 6.61 Å². The number of unbranched alkanes of at least 4 members (excludes halogenated alkanes) is 28. The van der Waals surface area contributed by atoms with Crippen molar-refractivity contribution in [2.75, 3.05) is 47.0 Å². The SMILES string of the molecule is C=C(CCC(=O)NCCOP(=O)([O-])OC[C@@H](COC(=O)CCCCCCCCCCCCCCCCC)OC(=O)CCCCCCCCCCCCCCCCC)CCN(C)C.[NH4+]. The third kappa shape index (κ3) is 47.9. The van der Waals surface area contributed by atoms with E-state index in [1.54, 1.807) is 0 Å². The van der Waals surface area contributed by atoms with Crippen LogP contribution in [-0.4, -0.2) is 75.9 Å².